The van der Waals surface area contributed by atoms with Crippen LogP contribution in [0.3, 0.4) is 0 Å². The van der Waals surface area contributed by atoms with Crippen LogP contribution in [-0.2, 0) is 6.42 Å². The van der Waals surface area contributed by atoms with E-state index in [0.29, 0.717) is 5.92 Å². The van der Waals surface area contributed by atoms with E-state index in [2.05, 4.69) is 35.2 Å². The standard InChI is InChI=1S/C13H20BrFN2/c1-9(2)3-4-13(17-16)7-10-5-11(14)8-12(15)6-10/h5-6,8-9,13,17H,3-4,7,16H2,1-2H3. The topological polar surface area (TPSA) is 38.0 Å². The lowest BCUT2D eigenvalue weighted by Gasteiger charge is -2.17. The maximum Gasteiger partial charge on any atom is 0.124 e. The molecule has 17 heavy (non-hydrogen) atoms. The molecular formula is C13H20BrFN2. The van der Waals surface area contributed by atoms with Gasteiger partial charge in [0.2, 0.25) is 0 Å². The van der Waals surface area contributed by atoms with Gasteiger partial charge in [0.05, 0.1) is 0 Å². The Balaban J connectivity index is 2.60. The number of rotatable bonds is 6. The molecule has 0 aliphatic heterocycles. The zero-order valence-corrected chi connectivity index (χ0v) is 11.9. The summed E-state index contributed by atoms with van der Waals surface area (Å²) in [6.45, 7) is 4.37. The van der Waals surface area contributed by atoms with Crippen molar-refractivity contribution >= 4 is 15.9 Å². The average Bonchev–Trinajstić information content (AvgIpc) is 2.22. The van der Waals surface area contributed by atoms with Gasteiger partial charge in [0.1, 0.15) is 5.82 Å². The third kappa shape index (κ3) is 5.61. The molecule has 0 amide bonds. The highest BCUT2D eigenvalue weighted by Crippen LogP contribution is 2.17. The van der Waals surface area contributed by atoms with Crippen molar-refractivity contribution in [1.29, 1.82) is 0 Å². The minimum atomic E-state index is -0.214. The van der Waals surface area contributed by atoms with Gasteiger partial charge in [-0.15, -0.1) is 0 Å². The fraction of sp³-hybridized carbons (Fsp3) is 0.538. The smallest absolute Gasteiger partial charge is 0.124 e. The average molecular weight is 303 g/mol. The van der Waals surface area contributed by atoms with Crippen molar-refractivity contribution in [2.75, 3.05) is 0 Å². The van der Waals surface area contributed by atoms with E-state index in [1.54, 1.807) is 6.07 Å². The summed E-state index contributed by atoms with van der Waals surface area (Å²) in [5.41, 5.74) is 3.77. The normalized spacial score (nSPS) is 13.1. The van der Waals surface area contributed by atoms with Crippen molar-refractivity contribution in [3.05, 3.63) is 34.1 Å². The number of hydrogen-bond donors (Lipinski definition) is 2. The Morgan fingerprint density at radius 2 is 2.00 bits per heavy atom. The summed E-state index contributed by atoms with van der Waals surface area (Å²) in [4.78, 5) is 0. The quantitative estimate of drug-likeness (QED) is 0.624. The predicted molar refractivity (Wildman–Crippen MR) is 73.0 cm³/mol. The summed E-state index contributed by atoms with van der Waals surface area (Å²) in [5, 5.41) is 0. The lowest BCUT2D eigenvalue weighted by Crippen LogP contribution is -2.37. The van der Waals surface area contributed by atoms with Crippen molar-refractivity contribution in [3.8, 4) is 0 Å². The lowest BCUT2D eigenvalue weighted by molar-refractivity contribution is 0.433. The Kier molecular flexibility index (Phi) is 6.09. The van der Waals surface area contributed by atoms with E-state index >= 15 is 0 Å². The van der Waals surface area contributed by atoms with Crippen LogP contribution in [0.2, 0.25) is 0 Å². The van der Waals surface area contributed by atoms with Crippen molar-refractivity contribution < 1.29 is 4.39 Å². The van der Waals surface area contributed by atoms with E-state index in [0.717, 1.165) is 29.3 Å². The van der Waals surface area contributed by atoms with Gasteiger partial charge in [-0.05, 0) is 48.9 Å². The third-order valence-electron chi connectivity index (χ3n) is 2.73. The first-order valence-corrected chi connectivity index (χ1v) is 6.71. The van der Waals surface area contributed by atoms with E-state index < -0.39 is 0 Å². The molecule has 2 nitrogen and oxygen atoms in total. The second-order valence-electron chi connectivity index (χ2n) is 4.82. The molecule has 1 aromatic rings. The number of hydrogen-bond acceptors (Lipinski definition) is 2. The molecule has 1 rings (SSSR count). The van der Waals surface area contributed by atoms with Crippen molar-refractivity contribution in [3.63, 3.8) is 0 Å². The maximum atomic E-state index is 13.2. The van der Waals surface area contributed by atoms with Crippen LogP contribution in [-0.4, -0.2) is 6.04 Å². The van der Waals surface area contributed by atoms with Gasteiger partial charge in [0.25, 0.3) is 0 Å². The molecule has 0 radical (unpaired) electrons. The Bertz CT molecular complexity index is 335. The van der Waals surface area contributed by atoms with Crippen LogP contribution >= 0.6 is 15.9 Å². The molecule has 0 aromatic heterocycles. The van der Waals surface area contributed by atoms with Crippen LogP contribution in [0, 0.1) is 11.7 Å². The summed E-state index contributed by atoms with van der Waals surface area (Å²) in [6, 6.07) is 5.15. The van der Waals surface area contributed by atoms with Crippen molar-refractivity contribution in [2.24, 2.45) is 11.8 Å². The van der Waals surface area contributed by atoms with Gasteiger partial charge < -0.3 is 0 Å². The highest BCUT2D eigenvalue weighted by atomic mass is 79.9. The zero-order chi connectivity index (χ0) is 12.8. The monoisotopic (exact) mass is 302 g/mol. The van der Waals surface area contributed by atoms with E-state index in [1.807, 2.05) is 6.07 Å². The summed E-state index contributed by atoms with van der Waals surface area (Å²) in [7, 11) is 0. The van der Waals surface area contributed by atoms with Crippen LogP contribution in [0.1, 0.15) is 32.3 Å². The molecule has 1 aromatic carbocycles. The Hall–Kier alpha value is -0.450. The molecule has 0 bridgehead atoms. The molecule has 0 aliphatic carbocycles. The number of benzene rings is 1. The van der Waals surface area contributed by atoms with Crippen LogP contribution in [0.4, 0.5) is 4.39 Å². The summed E-state index contributed by atoms with van der Waals surface area (Å²) >= 11 is 3.30. The minimum absolute atomic E-state index is 0.200. The molecule has 3 N–H and O–H groups in total. The summed E-state index contributed by atoms with van der Waals surface area (Å²) < 4.78 is 14.0. The van der Waals surface area contributed by atoms with Gasteiger partial charge >= 0.3 is 0 Å². The van der Waals surface area contributed by atoms with Gasteiger partial charge in [-0.3, -0.25) is 11.3 Å². The highest BCUT2D eigenvalue weighted by molar-refractivity contribution is 9.10. The molecule has 1 atom stereocenters. The second-order valence-corrected chi connectivity index (χ2v) is 5.73. The first kappa shape index (κ1) is 14.6. The van der Waals surface area contributed by atoms with E-state index in [9.17, 15) is 4.39 Å². The maximum absolute atomic E-state index is 13.2. The predicted octanol–water partition coefficient (Wildman–Crippen LogP) is 3.40. The first-order chi connectivity index (χ1) is 8.01. The molecule has 1 unspecified atom stereocenters. The largest absolute Gasteiger partial charge is 0.271 e. The van der Waals surface area contributed by atoms with Gasteiger partial charge in [-0.1, -0.05) is 29.8 Å². The number of halogens is 2. The third-order valence-corrected chi connectivity index (χ3v) is 3.19. The van der Waals surface area contributed by atoms with Crippen LogP contribution in [0.5, 0.6) is 0 Å². The summed E-state index contributed by atoms with van der Waals surface area (Å²) in [6.07, 6.45) is 2.87. The molecular weight excluding hydrogens is 283 g/mol. The Labute approximate surface area is 111 Å². The van der Waals surface area contributed by atoms with Gasteiger partial charge in [-0.25, -0.2) is 4.39 Å². The SMILES string of the molecule is CC(C)CCC(Cc1cc(F)cc(Br)c1)NN. The molecule has 0 saturated heterocycles. The van der Waals surface area contributed by atoms with Gasteiger partial charge in [-0.2, -0.15) is 0 Å². The van der Waals surface area contributed by atoms with Gasteiger partial charge in [0, 0.05) is 10.5 Å². The fourth-order valence-electron chi connectivity index (χ4n) is 1.79. The van der Waals surface area contributed by atoms with Crippen molar-refractivity contribution in [1.82, 2.24) is 5.43 Å². The molecule has 0 saturated carbocycles. The molecule has 4 heteroatoms. The molecule has 0 aliphatic rings. The van der Waals surface area contributed by atoms with Crippen LogP contribution < -0.4 is 11.3 Å². The van der Waals surface area contributed by atoms with Crippen LogP contribution in [0.15, 0.2) is 22.7 Å². The highest BCUT2D eigenvalue weighted by Gasteiger charge is 2.10. The lowest BCUT2D eigenvalue weighted by atomic mass is 9.98. The van der Waals surface area contributed by atoms with E-state index in [4.69, 9.17) is 5.84 Å². The zero-order valence-electron chi connectivity index (χ0n) is 10.3. The number of nitrogens with one attached hydrogen (secondary N) is 1. The number of nitrogens with two attached hydrogens (primary N) is 1. The molecule has 0 heterocycles. The molecule has 0 fully saturated rings. The second kappa shape index (κ2) is 7.09. The molecule has 0 spiro atoms. The number of hydrazine groups is 1. The Morgan fingerprint density at radius 3 is 2.53 bits per heavy atom. The van der Waals surface area contributed by atoms with Crippen molar-refractivity contribution in [2.45, 2.75) is 39.2 Å². The first-order valence-electron chi connectivity index (χ1n) is 5.92. The fourth-order valence-corrected chi connectivity index (χ4v) is 2.30. The van der Waals surface area contributed by atoms with E-state index in [1.165, 1.54) is 6.07 Å². The molecule has 96 valence electrons. The van der Waals surface area contributed by atoms with Crippen LogP contribution in [0.25, 0.3) is 0 Å². The minimum Gasteiger partial charge on any atom is -0.271 e. The Morgan fingerprint density at radius 1 is 1.29 bits per heavy atom. The van der Waals surface area contributed by atoms with Gasteiger partial charge in [0.15, 0.2) is 0 Å². The van der Waals surface area contributed by atoms with E-state index in [-0.39, 0.29) is 11.9 Å². The summed E-state index contributed by atoms with van der Waals surface area (Å²) in [5.74, 6) is 5.97.